The molecule has 0 N–H and O–H groups in total. The highest BCUT2D eigenvalue weighted by Crippen LogP contribution is 2.11. The standard InChI is InChI=1S/C8H16S/c1-5-7(4)8(9)6(2)3/h6-7H,5H2,1-4H3. The second kappa shape index (κ2) is 3.99. The van der Waals surface area contributed by atoms with E-state index in [-0.39, 0.29) is 0 Å². The Morgan fingerprint density at radius 2 is 1.78 bits per heavy atom. The molecule has 0 saturated heterocycles. The second-order valence-electron chi connectivity index (χ2n) is 2.87. The fourth-order valence-electron chi connectivity index (χ4n) is 0.770. The highest BCUT2D eigenvalue weighted by molar-refractivity contribution is 7.80. The van der Waals surface area contributed by atoms with Crippen molar-refractivity contribution in [2.75, 3.05) is 0 Å². The van der Waals surface area contributed by atoms with Crippen molar-refractivity contribution in [1.82, 2.24) is 0 Å². The second-order valence-corrected chi connectivity index (χ2v) is 3.34. The van der Waals surface area contributed by atoms with Crippen LogP contribution in [-0.4, -0.2) is 4.86 Å². The normalized spacial score (nSPS) is 13.9. The van der Waals surface area contributed by atoms with E-state index in [1.54, 1.807) is 0 Å². The van der Waals surface area contributed by atoms with E-state index in [0.29, 0.717) is 11.8 Å². The third-order valence-electron chi connectivity index (χ3n) is 1.67. The summed E-state index contributed by atoms with van der Waals surface area (Å²) in [4.78, 5) is 1.22. The highest BCUT2D eigenvalue weighted by atomic mass is 32.1. The maximum Gasteiger partial charge on any atom is -0.00180 e. The van der Waals surface area contributed by atoms with Crippen LogP contribution in [0.4, 0.5) is 0 Å². The SMILES string of the molecule is CCC(C)C(=S)C(C)C. The maximum atomic E-state index is 5.20. The van der Waals surface area contributed by atoms with Crippen molar-refractivity contribution in [1.29, 1.82) is 0 Å². The Hall–Kier alpha value is 0.0900. The molecule has 1 heteroatoms. The summed E-state index contributed by atoms with van der Waals surface area (Å²) < 4.78 is 0. The van der Waals surface area contributed by atoms with Crippen molar-refractivity contribution in [3.63, 3.8) is 0 Å². The molecular weight excluding hydrogens is 128 g/mol. The van der Waals surface area contributed by atoms with E-state index in [4.69, 9.17) is 12.2 Å². The van der Waals surface area contributed by atoms with E-state index in [2.05, 4.69) is 27.7 Å². The van der Waals surface area contributed by atoms with Crippen LogP contribution in [0.5, 0.6) is 0 Å². The van der Waals surface area contributed by atoms with Crippen LogP contribution in [0.3, 0.4) is 0 Å². The summed E-state index contributed by atoms with van der Waals surface area (Å²) in [6.07, 6.45) is 1.18. The molecule has 0 fully saturated rings. The Bertz CT molecular complexity index is 94.7. The molecule has 0 nitrogen and oxygen atoms in total. The van der Waals surface area contributed by atoms with Crippen LogP contribution < -0.4 is 0 Å². The van der Waals surface area contributed by atoms with Gasteiger partial charge in [-0.2, -0.15) is 0 Å². The summed E-state index contributed by atoms with van der Waals surface area (Å²) in [5.74, 6) is 1.20. The van der Waals surface area contributed by atoms with Gasteiger partial charge in [0.25, 0.3) is 0 Å². The smallest absolute Gasteiger partial charge is 0.00180 e. The van der Waals surface area contributed by atoms with Gasteiger partial charge < -0.3 is 0 Å². The molecule has 0 aromatic heterocycles. The predicted molar refractivity (Wildman–Crippen MR) is 46.9 cm³/mol. The van der Waals surface area contributed by atoms with Crippen LogP contribution >= 0.6 is 12.2 Å². The van der Waals surface area contributed by atoms with Gasteiger partial charge in [-0.15, -0.1) is 0 Å². The van der Waals surface area contributed by atoms with Crippen LogP contribution in [0.25, 0.3) is 0 Å². The number of thiocarbonyl (C=S) groups is 1. The fourth-order valence-corrected chi connectivity index (χ4v) is 0.937. The molecule has 0 saturated carbocycles. The molecule has 0 aromatic carbocycles. The molecule has 0 heterocycles. The average molecular weight is 144 g/mol. The van der Waals surface area contributed by atoms with Crippen LogP contribution in [0.2, 0.25) is 0 Å². The molecule has 54 valence electrons. The molecule has 0 spiro atoms. The van der Waals surface area contributed by atoms with Crippen LogP contribution in [0.15, 0.2) is 0 Å². The molecule has 0 radical (unpaired) electrons. The summed E-state index contributed by atoms with van der Waals surface area (Å²) in [6, 6.07) is 0. The minimum atomic E-state index is 0.579. The van der Waals surface area contributed by atoms with Crippen LogP contribution in [0, 0.1) is 11.8 Å². The van der Waals surface area contributed by atoms with Gasteiger partial charge in [0.2, 0.25) is 0 Å². The Morgan fingerprint density at radius 1 is 1.33 bits per heavy atom. The summed E-state index contributed by atoms with van der Waals surface area (Å²) in [5, 5.41) is 0. The Labute approximate surface area is 63.7 Å². The third kappa shape index (κ3) is 2.95. The van der Waals surface area contributed by atoms with Gasteiger partial charge in [0.05, 0.1) is 0 Å². The van der Waals surface area contributed by atoms with E-state index in [0.717, 1.165) is 0 Å². The largest absolute Gasteiger partial charge is 0.0891 e. The van der Waals surface area contributed by atoms with E-state index in [1.807, 2.05) is 0 Å². The van der Waals surface area contributed by atoms with Gasteiger partial charge in [-0.1, -0.05) is 39.9 Å². The highest BCUT2D eigenvalue weighted by Gasteiger charge is 2.08. The first kappa shape index (κ1) is 9.09. The molecule has 0 bridgehead atoms. The van der Waals surface area contributed by atoms with Crippen molar-refractivity contribution in [3.05, 3.63) is 0 Å². The maximum absolute atomic E-state index is 5.20. The Balaban J connectivity index is 3.73. The molecule has 1 atom stereocenters. The number of rotatable bonds is 3. The average Bonchev–Trinajstić information content (AvgIpc) is 1.84. The summed E-state index contributed by atoms with van der Waals surface area (Å²) in [6.45, 7) is 8.70. The lowest BCUT2D eigenvalue weighted by Gasteiger charge is -2.12. The van der Waals surface area contributed by atoms with Crippen LogP contribution in [0.1, 0.15) is 34.1 Å². The van der Waals surface area contributed by atoms with Gasteiger partial charge >= 0.3 is 0 Å². The van der Waals surface area contributed by atoms with Gasteiger partial charge in [0, 0.05) is 0 Å². The molecule has 1 unspecified atom stereocenters. The monoisotopic (exact) mass is 144 g/mol. The lowest BCUT2D eigenvalue weighted by atomic mass is 9.96. The van der Waals surface area contributed by atoms with Gasteiger partial charge in [-0.25, -0.2) is 0 Å². The fraction of sp³-hybridized carbons (Fsp3) is 0.875. The minimum Gasteiger partial charge on any atom is -0.0891 e. The topological polar surface area (TPSA) is 0 Å². The summed E-state index contributed by atoms with van der Waals surface area (Å²) >= 11 is 5.20. The quantitative estimate of drug-likeness (QED) is 0.549. The van der Waals surface area contributed by atoms with Crippen molar-refractivity contribution >= 4 is 17.1 Å². The van der Waals surface area contributed by atoms with Gasteiger partial charge in [-0.05, 0) is 23.1 Å². The minimum absolute atomic E-state index is 0.579. The van der Waals surface area contributed by atoms with E-state index >= 15 is 0 Å². The van der Waals surface area contributed by atoms with Crippen molar-refractivity contribution in [2.45, 2.75) is 34.1 Å². The van der Waals surface area contributed by atoms with E-state index in [1.165, 1.54) is 11.3 Å². The summed E-state index contributed by atoms with van der Waals surface area (Å²) in [5.41, 5.74) is 0. The predicted octanol–water partition coefficient (Wildman–Crippen LogP) is 3.06. The zero-order valence-electron chi connectivity index (χ0n) is 6.77. The first-order chi connectivity index (χ1) is 4.09. The first-order valence-corrected chi connectivity index (χ1v) is 4.04. The van der Waals surface area contributed by atoms with Crippen LogP contribution in [-0.2, 0) is 0 Å². The molecule has 0 aliphatic carbocycles. The van der Waals surface area contributed by atoms with Crippen molar-refractivity contribution in [3.8, 4) is 0 Å². The van der Waals surface area contributed by atoms with Gasteiger partial charge in [0.1, 0.15) is 0 Å². The molecule has 0 aromatic rings. The molecular formula is C8H16S. The van der Waals surface area contributed by atoms with Crippen molar-refractivity contribution < 1.29 is 0 Å². The van der Waals surface area contributed by atoms with Gasteiger partial charge in [-0.3, -0.25) is 0 Å². The lowest BCUT2D eigenvalue weighted by Crippen LogP contribution is -2.13. The molecule has 0 aliphatic rings. The Morgan fingerprint density at radius 3 is 1.89 bits per heavy atom. The number of hydrogen-bond donors (Lipinski definition) is 0. The third-order valence-corrected chi connectivity index (χ3v) is 2.54. The van der Waals surface area contributed by atoms with E-state index < -0.39 is 0 Å². The zero-order valence-corrected chi connectivity index (χ0v) is 7.59. The first-order valence-electron chi connectivity index (χ1n) is 3.63. The summed E-state index contributed by atoms with van der Waals surface area (Å²) in [7, 11) is 0. The molecule has 0 aliphatic heterocycles. The number of hydrogen-bond acceptors (Lipinski definition) is 1. The van der Waals surface area contributed by atoms with E-state index in [9.17, 15) is 0 Å². The van der Waals surface area contributed by atoms with Gasteiger partial charge in [0.15, 0.2) is 0 Å². The molecule has 0 rings (SSSR count). The van der Waals surface area contributed by atoms with Crippen molar-refractivity contribution in [2.24, 2.45) is 11.8 Å². The molecule has 9 heavy (non-hydrogen) atoms. The lowest BCUT2D eigenvalue weighted by molar-refractivity contribution is 0.700. The zero-order chi connectivity index (χ0) is 7.44. The molecule has 0 amide bonds. The Kier molecular flexibility index (Phi) is 4.03.